The minimum Gasteiger partial charge on any atom is -0.508 e. The van der Waals surface area contributed by atoms with E-state index < -0.39 is 17.9 Å². The first-order valence-electron chi connectivity index (χ1n) is 4.90. The molecule has 1 aromatic carbocycles. The summed E-state index contributed by atoms with van der Waals surface area (Å²) in [5.41, 5.74) is -1.54. The molecule has 0 aliphatic heterocycles. The predicted octanol–water partition coefficient (Wildman–Crippen LogP) is 4.01. The average Bonchev–Trinajstić information content (AvgIpc) is 2.17. The molecule has 0 aromatic heterocycles. The van der Waals surface area contributed by atoms with Crippen molar-refractivity contribution in [3.63, 3.8) is 0 Å². The first kappa shape index (κ1) is 12.4. The maximum Gasteiger partial charge on any atom is 0.145 e. The van der Waals surface area contributed by atoms with E-state index in [1.807, 2.05) is 0 Å². The standard InChI is InChI=1S/C13H14F2O/c1-3-8-13(15,9-10(2)14)11-4-6-12(16)7-5-11/h3-7,16H,1-2,8-9H2. The van der Waals surface area contributed by atoms with Gasteiger partial charge in [0.15, 0.2) is 0 Å². The van der Waals surface area contributed by atoms with Gasteiger partial charge in [-0.3, -0.25) is 0 Å². The number of allylic oxidation sites excluding steroid dienone is 2. The van der Waals surface area contributed by atoms with E-state index in [9.17, 15) is 8.78 Å². The first-order valence-corrected chi connectivity index (χ1v) is 4.90. The molecule has 0 saturated carbocycles. The van der Waals surface area contributed by atoms with Crippen LogP contribution in [0.2, 0.25) is 0 Å². The number of phenolic OH excluding ortho intramolecular Hbond substituents is 1. The molecule has 1 N–H and O–H groups in total. The molecule has 1 aromatic rings. The van der Waals surface area contributed by atoms with E-state index >= 15 is 0 Å². The van der Waals surface area contributed by atoms with Gasteiger partial charge in [0.1, 0.15) is 11.4 Å². The normalized spacial score (nSPS) is 14.1. The van der Waals surface area contributed by atoms with Gasteiger partial charge in [-0.1, -0.05) is 24.8 Å². The Morgan fingerprint density at radius 1 is 1.38 bits per heavy atom. The van der Waals surface area contributed by atoms with Gasteiger partial charge < -0.3 is 5.11 Å². The fourth-order valence-corrected chi connectivity index (χ4v) is 1.59. The van der Waals surface area contributed by atoms with Crippen LogP contribution in [0, 0.1) is 0 Å². The maximum absolute atomic E-state index is 14.5. The molecular weight excluding hydrogens is 210 g/mol. The number of alkyl halides is 1. The zero-order valence-electron chi connectivity index (χ0n) is 8.92. The van der Waals surface area contributed by atoms with E-state index in [-0.39, 0.29) is 12.2 Å². The van der Waals surface area contributed by atoms with E-state index in [4.69, 9.17) is 5.11 Å². The third kappa shape index (κ3) is 2.92. The molecule has 1 rings (SSSR count). The molecule has 0 fully saturated rings. The smallest absolute Gasteiger partial charge is 0.145 e. The van der Waals surface area contributed by atoms with E-state index in [1.165, 1.54) is 30.3 Å². The van der Waals surface area contributed by atoms with Gasteiger partial charge in [0.2, 0.25) is 0 Å². The van der Waals surface area contributed by atoms with E-state index in [0.717, 1.165) is 0 Å². The number of phenols is 1. The van der Waals surface area contributed by atoms with Crippen molar-refractivity contribution < 1.29 is 13.9 Å². The van der Waals surface area contributed by atoms with E-state index in [1.54, 1.807) is 0 Å². The Kier molecular flexibility index (Phi) is 3.82. The fourth-order valence-electron chi connectivity index (χ4n) is 1.59. The van der Waals surface area contributed by atoms with Crippen LogP contribution in [0.4, 0.5) is 8.78 Å². The number of rotatable bonds is 5. The minimum absolute atomic E-state index is 0.000710. The van der Waals surface area contributed by atoms with Crippen molar-refractivity contribution in [1.29, 1.82) is 0 Å². The van der Waals surface area contributed by atoms with Crippen molar-refractivity contribution in [2.24, 2.45) is 0 Å². The molecule has 16 heavy (non-hydrogen) atoms. The highest BCUT2D eigenvalue weighted by Crippen LogP contribution is 2.37. The Morgan fingerprint density at radius 3 is 2.38 bits per heavy atom. The summed E-state index contributed by atoms with van der Waals surface area (Å²) in [4.78, 5) is 0. The zero-order valence-corrected chi connectivity index (χ0v) is 8.92. The summed E-state index contributed by atoms with van der Waals surface area (Å²) >= 11 is 0. The summed E-state index contributed by atoms with van der Waals surface area (Å²) in [5, 5.41) is 9.10. The number of hydrogen-bond acceptors (Lipinski definition) is 1. The van der Waals surface area contributed by atoms with E-state index in [0.29, 0.717) is 5.56 Å². The van der Waals surface area contributed by atoms with Crippen LogP contribution in [0.25, 0.3) is 0 Å². The lowest BCUT2D eigenvalue weighted by molar-refractivity contribution is 0.158. The van der Waals surface area contributed by atoms with Crippen LogP contribution < -0.4 is 0 Å². The van der Waals surface area contributed by atoms with Crippen molar-refractivity contribution in [3.8, 4) is 5.75 Å². The van der Waals surface area contributed by atoms with Crippen molar-refractivity contribution in [1.82, 2.24) is 0 Å². The summed E-state index contributed by atoms with van der Waals surface area (Å²) in [6, 6.07) is 5.60. The summed E-state index contributed by atoms with van der Waals surface area (Å²) < 4.78 is 27.2. The molecule has 0 heterocycles. The van der Waals surface area contributed by atoms with Gasteiger partial charge in [0.25, 0.3) is 0 Å². The van der Waals surface area contributed by atoms with Crippen LogP contribution in [0.5, 0.6) is 5.75 Å². The van der Waals surface area contributed by atoms with Crippen LogP contribution in [-0.2, 0) is 5.67 Å². The van der Waals surface area contributed by atoms with Gasteiger partial charge in [-0.05, 0) is 17.7 Å². The summed E-state index contributed by atoms with van der Waals surface area (Å²) in [6.07, 6.45) is 1.00. The van der Waals surface area contributed by atoms with Gasteiger partial charge in [-0.25, -0.2) is 8.78 Å². The number of hydrogen-bond donors (Lipinski definition) is 1. The fraction of sp³-hybridized carbons (Fsp3) is 0.231. The predicted molar refractivity (Wildman–Crippen MR) is 60.6 cm³/mol. The lowest BCUT2D eigenvalue weighted by atomic mass is 9.89. The van der Waals surface area contributed by atoms with E-state index in [2.05, 4.69) is 13.2 Å². The molecule has 0 saturated heterocycles. The third-order valence-corrected chi connectivity index (χ3v) is 2.32. The molecule has 86 valence electrons. The minimum atomic E-state index is -1.85. The monoisotopic (exact) mass is 224 g/mol. The molecule has 0 bridgehead atoms. The molecule has 3 heteroatoms. The average molecular weight is 224 g/mol. The largest absolute Gasteiger partial charge is 0.508 e. The second kappa shape index (κ2) is 4.92. The van der Waals surface area contributed by atoms with Gasteiger partial charge in [-0.15, -0.1) is 6.58 Å². The third-order valence-electron chi connectivity index (χ3n) is 2.32. The molecule has 1 atom stereocenters. The Hall–Kier alpha value is -1.64. The Balaban J connectivity index is 3.04. The molecule has 0 aliphatic rings. The van der Waals surface area contributed by atoms with Crippen molar-refractivity contribution in [2.75, 3.05) is 0 Å². The van der Waals surface area contributed by atoms with Crippen molar-refractivity contribution in [2.45, 2.75) is 18.5 Å². The highest BCUT2D eigenvalue weighted by Gasteiger charge is 2.31. The first-order chi connectivity index (χ1) is 7.48. The zero-order chi connectivity index (χ0) is 12.2. The van der Waals surface area contributed by atoms with Crippen LogP contribution in [-0.4, -0.2) is 5.11 Å². The Bertz CT molecular complexity index is 383. The Labute approximate surface area is 93.7 Å². The van der Waals surface area contributed by atoms with Crippen LogP contribution in [0.3, 0.4) is 0 Å². The second-order valence-corrected chi connectivity index (χ2v) is 3.70. The number of benzene rings is 1. The molecule has 0 aliphatic carbocycles. The highest BCUT2D eigenvalue weighted by atomic mass is 19.1. The van der Waals surface area contributed by atoms with Gasteiger partial charge >= 0.3 is 0 Å². The molecule has 0 spiro atoms. The number of halogens is 2. The second-order valence-electron chi connectivity index (χ2n) is 3.70. The highest BCUT2D eigenvalue weighted by molar-refractivity contribution is 5.31. The molecule has 0 amide bonds. The molecule has 1 nitrogen and oxygen atoms in total. The van der Waals surface area contributed by atoms with Gasteiger partial charge in [-0.2, -0.15) is 0 Å². The van der Waals surface area contributed by atoms with Crippen molar-refractivity contribution >= 4 is 0 Å². The summed E-state index contributed by atoms with van der Waals surface area (Å²) in [5.74, 6) is -0.666. The van der Waals surface area contributed by atoms with Crippen LogP contribution in [0.15, 0.2) is 49.3 Å². The topological polar surface area (TPSA) is 20.2 Å². The van der Waals surface area contributed by atoms with Crippen molar-refractivity contribution in [3.05, 3.63) is 54.9 Å². The lowest BCUT2D eigenvalue weighted by Crippen LogP contribution is -2.19. The summed E-state index contributed by atoms with van der Waals surface area (Å²) in [7, 11) is 0. The Morgan fingerprint density at radius 2 is 1.94 bits per heavy atom. The van der Waals surface area contributed by atoms with Crippen LogP contribution >= 0.6 is 0 Å². The molecule has 0 radical (unpaired) electrons. The SMILES string of the molecule is C=CCC(F)(CC(=C)F)c1ccc(O)cc1. The van der Waals surface area contributed by atoms with Gasteiger partial charge in [0.05, 0.1) is 5.83 Å². The number of aromatic hydroxyl groups is 1. The quantitative estimate of drug-likeness (QED) is 0.749. The van der Waals surface area contributed by atoms with Gasteiger partial charge in [0, 0.05) is 12.8 Å². The maximum atomic E-state index is 14.5. The lowest BCUT2D eigenvalue weighted by Gasteiger charge is -2.23. The molecule has 1 unspecified atom stereocenters. The summed E-state index contributed by atoms with van der Waals surface area (Å²) in [6.45, 7) is 6.53. The van der Waals surface area contributed by atoms with Crippen LogP contribution in [0.1, 0.15) is 18.4 Å². The molecular formula is C13H14F2O.